The Hall–Kier alpha value is -1.77. The lowest BCUT2D eigenvalue weighted by Gasteiger charge is -2.21. The van der Waals surface area contributed by atoms with Gasteiger partial charge in [0.2, 0.25) is 0 Å². The first-order valence-electron chi connectivity index (χ1n) is 6.73. The Labute approximate surface area is 116 Å². The lowest BCUT2D eigenvalue weighted by molar-refractivity contribution is 0.151. The molecular weight excluding hydrogens is 258 g/mol. The Morgan fingerprint density at radius 2 is 2.35 bits per heavy atom. The monoisotopic (exact) mass is 277 g/mol. The molecule has 1 fully saturated rings. The summed E-state index contributed by atoms with van der Waals surface area (Å²) < 4.78 is 1.70. The number of likely N-dealkylation sites (tertiary alicyclic amines) is 1. The average molecular weight is 277 g/mol. The maximum absolute atomic E-state index is 9.37. The van der Waals surface area contributed by atoms with E-state index in [1.54, 1.807) is 10.9 Å². The van der Waals surface area contributed by atoms with Gasteiger partial charge in [-0.25, -0.2) is 15.8 Å². The summed E-state index contributed by atoms with van der Waals surface area (Å²) in [6.45, 7) is 1.75. The Morgan fingerprint density at radius 1 is 1.50 bits per heavy atom. The first kappa shape index (κ1) is 13.2. The van der Waals surface area contributed by atoms with Crippen molar-refractivity contribution in [3.63, 3.8) is 0 Å². The van der Waals surface area contributed by atoms with Crippen LogP contribution in [0.1, 0.15) is 18.7 Å². The molecule has 1 saturated heterocycles. The number of fused-ring (bicyclic) bond motifs is 1. The largest absolute Gasteiger partial charge is 0.395 e. The van der Waals surface area contributed by atoms with Crippen LogP contribution in [0.2, 0.25) is 0 Å². The molecule has 1 aliphatic rings. The molecule has 1 aliphatic heterocycles. The van der Waals surface area contributed by atoms with Crippen LogP contribution in [0.25, 0.3) is 11.0 Å². The van der Waals surface area contributed by atoms with Gasteiger partial charge in [0.25, 0.3) is 0 Å². The zero-order valence-electron chi connectivity index (χ0n) is 11.5. The zero-order chi connectivity index (χ0) is 14.1. The van der Waals surface area contributed by atoms with Crippen LogP contribution in [-0.2, 0) is 13.6 Å². The van der Waals surface area contributed by atoms with Gasteiger partial charge in [0.15, 0.2) is 11.5 Å². The summed E-state index contributed by atoms with van der Waals surface area (Å²) in [7, 11) is 1.84. The van der Waals surface area contributed by atoms with Crippen LogP contribution in [0.3, 0.4) is 0 Å². The molecule has 20 heavy (non-hydrogen) atoms. The van der Waals surface area contributed by atoms with Crippen molar-refractivity contribution in [2.45, 2.75) is 25.4 Å². The molecule has 8 nitrogen and oxygen atoms in total. The van der Waals surface area contributed by atoms with Crippen molar-refractivity contribution < 1.29 is 5.11 Å². The van der Waals surface area contributed by atoms with E-state index in [2.05, 4.69) is 25.4 Å². The molecule has 2 aromatic heterocycles. The van der Waals surface area contributed by atoms with Crippen molar-refractivity contribution in [2.75, 3.05) is 18.6 Å². The van der Waals surface area contributed by atoms with Crippen LogP contribution >= 0.6 is 0 Å². The molecule has 1 unspecified atom stereocenters. The Bertz CT molecular complexity index is 611. The summed E-state index contributed by atoms with van der Waals surface area (Å²) >= 11 is 0. The van der Waals surface area contributed by atoms with Crippen molar-refractivity contribution >= 4 is 16.9 Å². The SMILES string of the molecule is Cn1ncc2c(NN)nc(CN3CCCC3CO)nc21. The van der Waals surface area contributed by atoms with Crippen molar-refractivity contribution in [3.8, 4) is 0 Å². The number of anilines is 1. The van der Waals surface area contributed by atoms with E-state index in [-0.39, 0.29) is 12.6 Å². The van der Waals surface area contributed by atoms with E-state index in [9.17, 15) is 5.11 Å². The molecule has 1 atom stereocenters. The van der Waals surface area contributed by atoms with Gasteiger partial charge < -0.3 is 10.5 Å². The molecule has 0 saturated carbocycles. The number of nitrogen functional groups attached to an aromatic ring is 1. The van der Waals surface area contributed by atoms with Gasteiger partial charge in [0, 0.05) is 13.1 Å². The zero-order valence-corrected chi connectivity index (χ0v) is 11.5. The molecular formula is C12H19N7O. The smallest absolute Gasteiger partial charge is 0.163 e. The van der Waals surface area contributed by atoms with Gasteiger partial charge in [0.1, 0.15) is 5.82 Å². The number of nitrogens with two attached hydrogens (primary N) is 1. The Morgan fingerprint density at radius 3 is 3.10 bits per heavy atom. The van der Waals surface area contributed by atoms with Crippen molar-refractivity contribution in [2.24, 2.45) is 12.9 Å². The van der Waals surface area contributed by atoms with E-state index in [1.807, 2.05) is 7.05 Å². The molecule has 0 spiro atoms. The minimum atomic E-state index is 0.177. The third-order valence-electron chi connectivity index (χ3n) is 3.83. The van der Waals surface area contributed by atoms with Crippen LogP contribution in [0, 0.1) is 0 Å². The third-order valence-corrected chi connectivity index (χ3v) is 3.83. The minimum Gasteiger partial charge on any atom is -0.395 e. The molecule has 4 N–H and O–H groups in total. The fourth-order valence-electron chi connectivity index (χ4n) is 2.74. The first-order chi connectivity index (χ1) is 9.72. The normalized spacial score (nSPS) is 19.9. The van der Waals surface area contributed by atoms with Gasteiger partial charge in [-0.3, -0.25) is 9.58 Å². The van der Waals surface area contributed by atoms with E-state index < -0.39 is 0 Å². The van der Waals surface area contributed by atoms with Crippen LogP contribution in [0.4, 0.5) is 5.82 Å². The summed E-state index contributed by atoms with van der Waals surface area (Å²) in [5.74, 6) is 6.80. The Kier molecular flexibility index (Phi) is 3.51. The predicted octanol–water partition coefficient (Wildman–Crippen LogP) is -0.394. The van der Waals surface area contributed by atoms with E-state index in [4.69, 9.17) is 5.84 Å². The molecule has 0 aromatic carbocycles. The summed E-state index contributed by atoms with van der Waals surface area (Å²) in [5, 5.41) is 14.3. The quantitative estimate of drug-likeness (QED) is 0.516. The van der Waals surface area contributed by atoms with Crippen molar-refractivity contribution in [1.82, 2.24) is 24.6 Å². The number of aromatic nitrogens is 4. The lowest BCUT2D eigenvalue weighted by Crippen LogP contribution is -2.32. The molecule has 0 amide bonds. The van der Waals surface area contributed by atoms with Gasteiger partial charge in [-0.15, -0.1) is 0 Å². The highest BCUT2D eigenvalue weighted by molar-refractivity contribution is 5.86. The number of hydrazine groups is 1. The van der Waals surface area contributed by atoms with Gasteiger partial charge in [-0.1, -0.05) is 0 Å². The summed E-state index contributed by atoms with van der Waals surface area (Å²) in [5.41, 5.74) is 3.35. The second-order valence-electron chi connectivity index (χ2n) is 5.09. The van der Waals surface area contributed by atoms with E-state index in [0.29, 0.717) is 18.2 Å². The summed E-state index contributed by atoms with van der Waals surface area (Å²) in [6.07, 6.45) is 3.81. The number of hydrogen-bond acceptors (Lipinski definition) is 7. The van der Waals surface area contributed by atoms with Crippen molar-refractivity contribution in [1.29, 1.82) is 0 Å². The predicted molar refractivity (Wildman–Crippen MR) is 74.6 cm³/mol. The van der Waals surface area contributed by atoms with E-state index in [0.717, 1.165) is 30.4 Å². The molecule has 3 rings (SSSR count). The number of aliphatic hydroxyl groups is 1. The summed E-state index contributed by atoms with van der Waals surface area (Å²) in [6, 6.07) is 0.204. The summed E-state index contributed by atoms with van der Waals surface area (Å²) in [4.78, 5) is 11.2. The molecule has 3 heterocycles. The second-order valence-corrected chi connectivity index (χ2v) is 5.09. The average Bonchev–Trinajstić information content (AvgIpc) is 3.05. The number of nitrogens with one attached hydrogen (secondary N) is 1. The maximum Gasteiger partial charge on any atom is 0.163 e. The fraction of sp³-hybridized carbons (Fsp3) is 0.583. The molecule has 8 heteroatoms. The van der Waals surface area contributed by atoms with Gasteiger partial charge in [-0.2, -0.15) is 5.10 Å². The van der Waals surface area contributed by atoms with E-state index >= 15 is 0 Å². The second kappa shape index (κ2) is 5.31. The maximum atomic E-state index is 9.37. The first-order valence-corrected chi connectivity index (χ1v) is 6.73. The van der Waals surface area contributed by atoms with Crippen molar-refractivity contribution in [3.05, 3.63) is 12.0 Å². The number of aliphatic hydroxyl groups excluding tert-OH is 1. The van der Waals surface area contributed by atoms with Gasteiger partial charge in [-0.05, 0) is 19.4 Å². The molecule has 2 aromatic rings. The standard InChI is InChI=1S/C12H19N7O/c1-18-12-9(5-14-18)11(17-13)15-10(16-12)6-19-4-2-3-8(19)7-20/h5,8,20H,2-4,6-7,13H2,1H3,(H,15,16,17). The minimum absolute atomic E-state index is 0.177. The van der Waals surface area contributed by atoms with Crippen LogP contribution in [0.5, 0.6) is 0 Å². The van der Waals surface area contributed by atoms with E-state index in [1.165, 1.54) is 0 Å². The third kappa shape index (κ3) is 2.21. The highest BCUT2D eigenvalue weighted by Gasteiger charge is 2.25. The number of rotatable bonds is 4. The van der Waals surface area contributed by atoms with Crippen LogP contribution in [0.15, 0.2) is 6.20 Å². The topological polar surface area (TPSA) is 105 Å². The molecule has 108 valence electrons. The van der Waals surface area contributed by atoms with Gasteiger partial charge >= 0.3 is 0 Å². The molecule has 0 radical (unpaired) electrons. The number of hydrogen-bond donors (Lipinski definition) is 3. The lowest BCUT2D eigenvalue weighted by atomic mass is 10.2. The molecule has 0 bridgehead atoms. The molecule has 0 aliphatic carbocycles. The van der Waals surface area contributed by atoms with Crippen LogP contribution < -0.4 is 11.3 Å². The fourth-order valence-corrected chi connectivity index (χ4v) is 2.74. The highest BCUT2D eigenvalue weighted by Crippen LogP contribution is 2.22. The number of aryl methyl sites for hydroxylation is 1. The highest BCUT2D eigenvalue weighted by atomic mass is 16.3. The Balaban J connectivity index is 1.93. The van der Waals surface area contributed by atoms with Crippen LogP contribution in [-0.4, -0.2) is 48.9 Å². The number of nitrogens with zero attached hydrogens (tertiary/aromatic N) is 5. The van der Waals surface area contributed by atoms with Gasteiger partial charge in [0.05, 0.1) is 24.7 Å².